The van der Waals surface area contributed by atoms with E-state index in [1.807, 2.05) is 47.8 Å². The van der Waals surface area contributed by atoms with E-state index in [1.165, 1.54) is 21.6 Å². The van der Waals surface area contributed by atoms with Crippen LogP contribution in [0.3, 0.4) is 0 Å². The number of methoxy groups -OCH3 is 1. The summed E-state index contributed by atoms with van der Waals surface area (Å²) in [5, 5.41) is 12.2. The molecule has 1 N–H and O–H groups in total. The molecule has 1 aromatic rings. The molecule has 1 aliphatic rings. The van der Waals surface area contributed by atoms with E-state index in [9.17, 15) is 5.11 Å². The van der Waals surface area contributed by atoms with Gasteiger partial charge in [0, 0.05) is 14.7 Å². The Morgan fingerprint density at radius 3 is 2.34 bits per heavy atom. The quantitative estimate of drug-likeness (QED) is 0.0579. The molecule has 1 saturated heterocycles. The number of aliphatic hydroxyl groups is 1. The molecule has 0 unspecified atom stereocenters. The summed E-state index contributed by atoms with van der Waals surface area (Å²) in [5.41, 5.74) is 2.36. The Labute approximate surface area is 283 Å². The summed E-state index contributed by atoms with van der Waals surface area (Å²) in [4.78, 5) is 7.19. The van der Waals surface area contributed by atoms with E-state index in [0.717, 1.165) is 48.7 Å². The van der Waals surface area contributed by atoms with Gasteiger partial charge in [-0.2, -0.15) is 0 Å². The van der Waals surface area contributed by atoms with Crippen molar-refractivity contribution in [3.05, 3.63) is 51.6 Å². The van der Waals surface area contributed by atoms with Gasteiger partial charge in [-0.05, 0) is 6.04 Å². The van der Waals surface area contributed by atoms with Crippen LogP contribution in [0.2, 0.25) is 40.5 Å². The second-order valence-electron chi connectivity index (χ2n) is 14.7. The number of aliphatic hydroxyl groups excluding tert-OH is 1. The van der Waals surface area contributed by atoms with E-state index in [4.69, 9.17) is 18.9 Å². The molecule has 1 aliphatic heterocycles. The van der Waals surface area contributed by atoms with Gasteiger partial charge in [0.2, 0.25) is 0 Å². The van der Waals surface area contributed by atoms with Gasteiger partial charge < -0.3 is 4.74 Å². The fourth-order valence-electron chi connectivity index (χ4n) is 5.23. The fourth-order valence-corrected chi connectivity index (χ4v) is 13.6. The summed E-state index contributed by atoms with van der Waals surface area (Å²) in [6.07, 6.45) is 6.12. The molecular formula is C35H62O5S2SiSn. The summed E-state index contributed by atoms with van der Waals surface area (Å²) in [6, 6.07) is 9.19. The van der Waals surface area contributed by atoms with Gasteiger partial charge in [-0.1, -0.05) is 19.6 Å². The Balaban J connectivity index is 1.99. The molecule has 0 radical (unpaired) electrons. The van der Waals surface area contributed by atoms with Gasteiger partial charge in [0.15, 0.2) is 0 Å². The second-order valence-corrected chi connectivity index (χ2v) is 38.1. The molecule has 0 bridgehead atoms. The standard InChI is InChI=1S/C32H53O5S2Si.3CH3.Sn/c1-8-29(24-36-23-28-13-15-30(34-4)16-14-28)31(33)32(38-18-10-19-39-32)21-26(2)11-9-12-27(3)22-37-25-35-17-20-40(5,6)7;;;;/h12-16,26,29,31,33H,1,9-11,17-25H2,2-7H3;3*1H3;/b27-12+;;;;/t26-,29+,31+;;;;/m0..../s1. The van der Waals surface area contributed by atoms with Crippen LogP contribution in [0.25, 0.3) is 0 Å². The zero-order valence-corrected chi connectivity index (χ0v) is 34.7. The van der Waals surface area contributed by atoms with Gasteiger partial charge in [-0.3, -0.25) is 0 Å². The molecule has 9 heteroatoms. The van der Waals surface area contributed by atoms with E-state index in [2.05, 4.69) is 61.0 Å². The van der Waals surface area contributed by atoms with E-state index in [0.29, 0.717) is 32.5 Å². The molecule has 0 saturated carbocycles. The number of ether oxygens (including phenoxy) is 4. The van der Waals surface area contributed by atoms with Crippen molar-refractivity contribution in [2.75, 3.05) is 45.2 Å². The van der Waals surface area contributed by atoms with Gasteiger partial charge >= 0.3 is 233 Å². The Morgan fingerprint density at radius 1 is 1.09 bits per heavy atom. The van der Waals surface area contributed by atoms with Crippen molar-refractivity contribution in [1.82, 2.24) is 0 Å². The number of hydrogen-bond donors (Lipinski definition) is 1. The first kappa shape index (κ1) is 40.2. The predicted molar refractivity (Wildman–Crippen MR) is 199 cm³/mol. The van der Waals surface area contributed by atoms with Gasteiger partial charge in [-0.25, -0.2) is 0 Å². The molecule has 0 aromatic heterocycles. The van der Waals surface area contributed by atoms with Crippen molar-refractivity contribution in [3.63, 3.8) is 0 Å². The Bertz CT molecular complexity index is 1000. The molecule has 252 valence electrons. The number of thioether (sulfide) groups is 2. The van der Waals surface area contributed by atoms with Gasteiger partial charge in [0.05, 0.1) is 0 Å². The third kappa shape index (κ3) is 14.9. The summed E-state index contributed by atoms with van der Waals surface area (Å²) in [6.45, 7) is 19.0. The van der Waals surface area contributed by atoms with Crippen molar-refractivity contribution >= 4 is 50.0 Å². The minimum absolute atomic E-state index is 0.0541. The molecular weight excluding hydrogens is 711 g/mol. The SMILES string of the molecule is C=[C]([C@H](COCc1ccc(OC)cc1)[C@@H](O)C1(C[C@@H](C)CC/C=C(\C)COCOCC[Si](C)(C)C)SCCCS1)[Sn]([CH3])([CH3])[CH3]. The van der Waals surface area contributed by atoms with E-state index < -0.39 is 32.6 Å². The Morgan fingerprint density at radius 2 is 1.75 bits per heavy atom. The van der Waals surface area contributed by atoms with Crippen molar-refractivity contribution in [2.24, 2.45) is 11.8 Å². The molecule has 0 amide bonds. The summed E-state index contributed by atoms with van der Waals surface area (Å²) >= 11 is 1.41. The van der Waals surface area contributed by atoms with Crippen LogP contribution in [0.5, 0.6) is 5.75 Å². The third-order valence-corrected chi connectivity index (χ3v) is 20.0. The topological polar surface area (TPSA) is 57.2 Å². The van der Waals surface area contributed by atoms with Crippen molar-refractivity contribution in [3.8, 4) is 5.75 Å². The fraction of sp³-hybridized carbons (Fsp3) is 0.714. The average Bonchev–Trinajstić information content (AvgIpc) is 2.96. The molecule has 1 aromatic carbocycles. The van der Waals surface area contributed by atoms with E-state index in [-0.39, 0.29) is 10.00 Å². The van der Waals surface area contributed by atoms with Crippen LogP contribution in [0.1, 0.15) is 45.1 Å². The number of benzene rings is 1. The van der Waals surface area contributed by atoms with Crippen molar-refractivity contribution in [1.29, 1.82) is 0 Å². The first-order chi connectivity index (χ1) is 20.7. The van der Waals surface area contributed by atoms with E-state index in [1.54, 1.807) is 7.11 Å². The average molecular weight is 774 g/mol. The number of hydrogen-bond acceptors (Lipinski definition) is 7. The molecule has 44 heavy (non-hydrogen) atoms. The molecule has 0 aliphatic carbocycles. The molecule has 0 spiro atoms. The second kappa shape index (κ2) is 19.8. The molecule has 3 atom stereocenters. The first-order valence-corrected chi connectivity index (χ1v) is 32.0. The molecule has 2 rings (SSSR count). The van der Waals surface area contributed by atoms with Gasteiger partial charge in [0.25, 0.3) is 0 Å². The maximum atomic E-state index is 12.2. The molecule has 1 fully saturated rings. The molecule has 1 heterocycles. The minimum atomic E-state index is -2.54. The maximum absolute atomic E-state index is 12.2. The Kier molecular flexibility index (Phi) is 18.1. The van der Waals surface area contributed by atoms with Crippen LogP contribution in [0.15, 0.2) is 46.1 Å². The normalized spacial score (nSPS) is 18.1. The third-order valence-electron chi connectivity index (χ3n) is 8.23. The van der Waals surface area contributed by atoms with Gasteiger partial charge in [-0.15, -0.1) is 0 Å². The summed E-state index contributed by atoms with van der Waals surface area (Å²) in [7, 11) is 0.620. The number of rotatable bonds is 21. The zero-order valence-electron chi connectivity index (χ0n) is 29.2. The van der Waals surface area contributed by atoms with Crippen LogP contribution < -0.4 is 4.74 Å². The van der Waals surface area contributed by atoms with E-state index >= 15 is 0 Å². The van der Waals surface area contributed by atoms with Gasteiger partial charge in [0.1, 0.15) is 6.79 Å². The Hall–Kier alpha value is 0.0556. The zero-order chi connectivity index (χ0) is 32.8. The predicted octanol–water partition coefficient (Wildman–Crippen LogP) is 9.27. The van der Waals surface area contributed by atoms with Crippen LogP contribution in [-0.2, 0) is 20.8 Å². The van der Waals surface area contributed by atoms with Crippen molar-refractivity contribution in [2.45, 2.75) is 96.8 Å². The summed E-state index contributed by atoms with van der Waals surface area (Å²) in [5.74, 6) is 3.47. The van der Waals surface area contributed by atoms with Crippen molar-refractivity contribution < 1.29 is 24.1 Å². The van der Waals surface area contributed by atoms with Crippen LogP contribution in [0, 0.1) is 11.8 Å². The summed E-state index contributed by atoms with van der Waals surface area (Å²) < 4.78 is 24.1. The monoisotopic (exact) mass is 774 g/mol. The van der Waals surface area contributed by atoms with Crippen LogP contribution >= 0.6 is 23.5 Å². The molecule has 5 nitrogen and oxygen atoms in total. The number of allylic oxidation sites excluding steroid dienone is 1. The van der Waals surface area contributed by atoms with Crippen LogP contribution in [0.4, 0.5) is 0 Å². The first-order valence-electron chi connectivity index (χ1n) is 16.3. The van der Waals surface area contributed by atoms with Crippen LogP contribution in [-0.4, -0.2) is 87.0 Å².